The number of anilines is 1. The summed E-state index contributed by atoms with van der Waals surface area (Å²) in [6.07, 6.45) is 4.12. The highest BCUT2D eigenvalue weighted by Gasteiger charge is 2.24. The average Bonchev–Trinajstić information content (AvgIpc) is 2.97. The van der Waals surface area contributed by atoms with E-state index in [1.165, 1.54) is 5.56 Å². The number of hydrogen-bond acceptors (Lipinski definition) is 5. The van der Waals surface area contributed by atoms with Gasteiger partial charge in [0.2, 0.25) is 0 Å². The molecular weight excluding hydrogens is 274 g/mol. The van der Waals surface area contributed by atoms with Crippen molar-refractivity contribution in [1.82, 2.24) is 9.88 Å². The standard InChI is InChI=1S/C17H23N5/c1-14-4-7-20-17(9-14)21-11-16-5-8-22(13-16)12-15(10-19)3-2-6-18/h4,7,9,15-16H,2-3,5,8,11-13H2,1H3,(H,20,21). The van der Waals surface area contributed by atoms with Gasteiger partial charge >= 0.3 is 0 Å². The lowest BCUT2D eigenvalue weighted by Crippen LogP contribution is -2.28. The van der Waals surface area contributed by atoms with Crippen molar-refractivity contribution in [1.29, 1.82) is 10.5 Å². The van der Waals surface area contributed by atoms with Crippen LogP contribution in [0.3, 0.4) is 0 Å². The Hall–Kier alpha value is -2.11. The summed E-state index contributed by atoms with van der Waals surface area (Å²) in [4.78, 5) is 6.67. The molecule has 1 aromatic heterocycles. The summed E-state index contributed by atoms with van der Waals surface area (Å²) in [5.74, 6) is 1.50. The SMILES string of the molecule is Cc1ccnc(NCC2CCN(CC(C#N)CCC#N)C2)c1. The van der Waals surface area contributed by atoms with Crippen LogP contribution in [0.2, 0.25) is 0 Å². The number of nitrogens with zero attached hydrogens (tertiary/aromatic N) is 4. The lowest BCUT2D eigenvalue weighted by Gasteiger charge is -2.19. The van der Waals surface area contributed by atoms with Crippen molar-refractivity contribution in [2.75, 3.05) is 31.5 Å². The second kappa shape index (κ2) is 8.36. The highest BCUT2D eigenvalue weighted by molar-refractivity contribution is 5.36. The third-order valence-electron chi connectivity index (χ3n) is 4.12. The summed E-state index contributed by atoms with van der Waals surface area (Å²) in [5.41, 5.74) is 1.21. The Morgan fingerprint density at radius 1 is 1.50 bits per heavy atom. The topological polar surface area (TPSA) is 75.7 Å². The Kier molecular flexibility index (Phi) is 6.18. The number of aromatic nitrogens is 1. The average molecular weight is 297 g/mol. The van der Waals surface area contributed by atoms with E-state index < -0.39 is 0 Å². The molecule has 1 aliphatic heterocycles. The zero-order valence-electron chi connectivity index (χ0n) is 13.1. The molecule has 0 spiro atoms. The van der Waals surface area contributed by atoms with Crippen LogP contribution < -0.4 is 5.32 Å². The molecule has 2 unspecified atom stereocenters. The zero-order valence-corrected chi connectivity index (χ0v) is 13.1. The van der Waals surface area contributed by atoms with E-state index in [1.54, 1.807) is 0 Å². The van der Waals surface area contributed by atoms with Crippen molar-refractivity contribution < 1.29 is 0 Å². The first-order chi connectivity index (χ1) is 10.7. The fourth-order valence-electron chi connectivity index (χ4n) is 2.87. The molecule has 1 N–H and O–H groups in total. The van der Waals surface area contributed by atoms with Crippen LogP contribution in [0.1, 0.15) is 24.8 Å². The van der Waals surface area contributed by atoms with E-state index in [-0.39, 0.29) is 5.92 Å². The molecule has 0 saturated carbocycles. The first kappa shape index (κ1) is 16.3. The Morgan fingerprint density at radius 3 is 3.09 bits per heavy atom. The molecule has 1 fully saturated rings. The molecule has 5 nitrogen and oxygen atoms in total. The summed E-state index contributed by atoms with van der Waals surface area (Å²) < 4.78 is 0. The monoisotopic (exact) mass is 297 g/mol. The minimum absolute atomic E-state index is 0.0233. The van der Waals surface area contributed by atoms with Gasteiger partial charge in [-0.3, -0.25) is 0 Å². The highest BCUT2D eigenvalue weighted by Crippen LogP contribution is 2.19. The first-order valence-electron chi connectivity index (χ1n) is 7.86. The van der Waals surface area contributed by atoms with E-state index >= 15 is 0 Å². The maximum atomic E-state index is 9.15. The second-order valence-corrected chi connectivity index (χ2v) is 6.04. The normalized spacial score (nSPS) is 19.3. The molecule has 2 atom stereocenters. The predicted octanol–water partition coefficient (Wildman–Crippen LogP) is 2.57. The summed E-state index contributed by atoms with van der Waals surface area (Å²) in [5, 5.41) is 21.2. The minimum Gasteiger partial charge on any atom is -0.370 e. The number of aryl methyl sites for hydroxylation is 1. The zero-order chi connectivity index (χ0) is 15.8. The van der Waals surface area contributed by atoms with Crippen LogP contribution in [0.15, 0.2) is 18.3 Å². The maximum Gasteiger partial charge on any atom is 0.126 e. The summed E-state index contributed by atoms with van der Waals surface area (Å²) in [7, 11) is 0. The lowest BCUT2D eigenvalue weighted by atomic mass is 10.1. The molecule has 22 heavy (non-hydrogen) atoms. The van der Waals surface area contributed by atoms with Gasteiger partial charge in [-0.25, -0.2) is 4.98 Å². The predicted molar refractivity (Wildman–Crippen MR) is 86.0 cm³/mol. The van der Waals surface area contributed by atoms with E-state index in [9.17, 15) is 0 Å². The molecule has 0 aliphatic carbocycles. The third-order valence-corrected chi connectivity index (χ3v) is 4.12. The molecule has 1 aromatic rings. The minimum atomic E-state index is -0.0233. The van der Waals surface area contributed by atoms with Gasteiger partial charge in [-0.05, 0) is 49.9 Å². The first-order valence-corrected chi connectivity index (χ1v) is 7.86. The molecule has 0 bridgehead atoms. The molecular formula is C17H23N5. The highest BCUT2D eigenvalue weighted by atomic mass is 15.2. The van der Waals surface area contributed by atoms with Crippen LogP contribution in [-0.4, -0.2) is 36.1 Å². The van der Waals surface area contributed by atoms with Crippen LogP contribution in [0.4, 0.5) is 5.82 Å². The quantitative estimate of drug-likeness (QED) is 0.837. The molecule has 0 amide bonds. The van der Waals surface area contributed by atoms with Crippen molar-refractivity contribution in [3.63, 3.8) is 0 Å². The van der Waals surface area contributed by atoms with E-state index in [0.717, 1.165) is 38.4 Å². The van der Waals surface area contributed by atoms with Crippen molar-refractivity contribution in [2.24, 2.45) is 11.8 Å². The van der Waals surface area contributed by atoms with Gasteiger partial charge in [0.1, 0.15) is 5.82 Å². The summed E-state index contributed by atoms with van der Waals surface area (Å²) >= 11 is 0. The molecule has 0 aromatic carbocycles. The van der Waals surface area contributed by atoms with E-state index in [0.29, 0.717) is 18.8 Å². The number of hydrogen-bond donors (Lipinski definition) is 1. The fourth-order valence-corrected chi connectivity index (χ4v) is 2.87. The van der Waals surface area contributed by atoms with E-state index in [2.05, 4.69) is 40.3 Å². The van der Waals surface area contributed by atoms with Gasteiger partial charge in [0, 0.05) is 32.3 Å². The van der Waals surface area contributed by atoms with Crippen molar-refractivity contribution in [3.05, 3.63) is 23.9 Å². The van der Waals surface area contributed by atoms with Gasteiger partial charge in [-0.1, -0.05) is 0 Å². The molecule has 1 saturated heterocycles. The molecule has 116 valence electrons. The Morgan fingerprint density at radius 2 is 2.36 bits per heavy atom. The van der Waals surface area contributed by atoms with Crippen LogP contribution in [0.5, 0.6) is 0 Å². The van der Waals surface area contributed by atoms with Gasteiger partial charge in [-0.2, -0.15) is 10.5 Å². The van der Waals surface area contributed by atoms with Crippen LogP contribution in [0, 0.1) is 41.4 Å². The van der Waals surface area contributed by atoms with Gasteiger partial charge in [0.05, 0.1) is 18.1 Å². The molecule has 0 radical (unpaired) electrons. The van der Waals surface area contributed by atoms with Crippen molar-refractivity contribution in [2.45, 2.75) is 26.2 Å². The maximum absolute atomic E-state index is 9.15. The molecule has 5 heteroatoms. The van der Waals surface area contributed by atoms with Gasteiger partial charge in [0.25, 0.3) is 0 Å². The van der Waals surface area contributed by atoms with Crippen LogP contribution >= 0.6 is 0 Å². The Labute approximate surface area is 132 Å². The lowest BCUT2D eigenvalue weighted by molar-refractivity contribution is 0.290. The molecule has 2 rings (SSSR count). The number of likely N-dealkylation sites (tertiary alicyclic amines) is 1. The van der Waals surface area contributed by atoms with Gasteiger partial charge < -0.3 is 10.2 Å². The van der Waals surface area contributed by atoms with Crippen molar-refractivity contribution in [3.8, 4) is 12.1 Å². The Balaban J connectivity index is 1.73. The Bertz CT molecular complexity index is 557. The largest absolute Gasteiger partial charge is 0.370 e. The molecule has 1 aliphatic rings. The van der Waals surface area contributed by atoms with E-state index in [4.69, 9.17) is 10.5 Å². The van der Waals surface area contributed by atoms with Crippen LogP contribution in [0.25, 0.3) is 0 Å². The number of nitriles is 2. The van der Waals surface area contributed by atoms with E-state index in [1.807, 2.05) is 12.3 Å². The smallest absolute Gasteiger partial charge is 0.126 e. The summed E-state index contributed by atoms with van der Waals surface area (Å²) in [6, 6.07) is 8.49. The number of rotatable bonds is 7. The fraction of sp³-hybridized carbons (Fsp3) is 0.588. The van der Waals surface area contributed by atoms with Gasteiger partial charge in [0.15, 0.2) is 0 Å². The second-order valence-electron chi connectivity index (χ2n) is 6.04. The van der Waals surface area contributed by atoms with Crippen molar-refractivity contribution >= 4 is 5.82 Å². The third kappa shape index (κ3) is 5.02. The number of nitrogens with one attached hydrogen (secondary N) is 1. The molecule has 2 heterocycles. The van der Waals surface area contributed by atoms with Crippen LogP contribution in [-0.2, 0) is 0 Å². The van der Waals surface area contributed by atoms with Gasteiger partial charge in [-0.15, -0.1) is 0 Å². The number of pyridine rings is 1. The summed E-state index contributed by atoms with van der Waals surface area (Å²) in [6.45, 7) is 5.83.